The van der Waals surface area contributed by atoms with Crippen molar-refractivity contribution in [3.8, 4) is 17.2 Å². The average Bonchev–Trinajstić information content (AvgIpc) is 2.64. The molecule has 0 fully saturated rings. The number of hydrogen-bond donors (Lipinski definition) is 2. The van der Waals surface area contributed by atoms with Crippen molar-refractivity contribution in [2.45, 2.75) is 0 Å². The minimum absolute atomic E-state index is 0.0877. The standard InChI is InChI=1S/C11H10O5S/c1-15-6-3-5-8(4-7(6)16-2)17-10(9(5)12)11(13)14/h3-4,12H,1-2H3,(H,13,14). The Morgan fingerprint density at radius 3 is 2.35 bits per heavy atom. The van der Waals surface area contributed by atoms with E-state index in [4.69, 9.17) is 14.6 Å². The van der Waals surface area contributed by atoms with Gasteiger partial charge in [0.05, 0.1) is 14.2 Å². The first-order valence-electron chi connectivity index (χ1n) is 4.69. The Labute approximate surface area is 101 Å². The lowest BCUT2D eigenvalue weighted by atomic mass is 10.2. The normalized spacial score (nSPS) is 10.5. The predicted octanol–water partition coefficient (Wildman–Crippen LogP) is 2.32. The maximum atomic E-state index is 10.9. The minimum Gasteiger partial charge on any atom is -0.505 e. The highest BCUT2D eigenvalue weighted by Crippen LogP contribution is 2.42. The van der Waals surface area contributed by atoms with Gasteiger partial charge in [0.15, 0.2) is 16.4 Å². The van der Waals surface area contributed by atoms with E-state index in [2.05, 4.69) is 0 Å². The molecule has 1 heterocycles. The summed E-state index contributed by atoms with van der Waals surface area (Å²) in [7, 11) is 2.97. The first-order valence-corrected chi connectivity index (χ1v) is 5.51. The van der Waals surface area contributed by atoms with E-state index in [1.807, 2.05) is 0 Å². The Morgan fingerprint density at radius 1 is 1.24 bits per heavy atom. The van der Waals surface area contributed by atoms with Crippen LogP contribution in [0.2, 0.25) is 0 Å². The molecule has 90 valence electrons. The summed E-state index contributed by atoms with van der Waals surface area (Å²) >= 11 is 0.996. The second-order valence-corrected chi connectivity index (χ2v) is 4.34. The van der Waals surface area contributed by atoms with Crippen LogP contribution in [0.5, 0.6) is 17.2 Å². The Hall–Kier alpha value is -1.95. The van der Waals surface area contributed by atoms with Crippen molar-refractivity contribution in [2.24, 2.45) is 0 Å². The summed E-state index contributed by atoms with van der Waals surface area (Å²) in [5.74, 6) is -0.441. The van der Waals surface area contributed by atoms with E-state index in [1.54, 1.807) is 12.1 Å². The molecule has 0 amide bonds. The van der Waals surface area contributed by atoms with Gasteiger partial charge < -0.3 is 19.7 Å². The van der Waals surface area contributed by atoms with Gasteiger partial charge in [-0.05, 0) is 6.07 Å². The summed E-state index contributed by atoms with van der Waals surface area (Å²) in [5.41, 5.74) is 0. The van der Waals surface area contributed by atoms with Crippen LogP contribution in [0, 0.1) is 0 Å². The van der Waals surface area contributed by atoms with Gasteiger partial charge in [-0.3, -0.25) is 0 Å². The fraction of sp³-hybridized carbons (Fsp3) is 0.182. The molecule has 0 bridgehead atoms. The second kappa shape index (κ2) is 4.14. The van der Waals surface area contributed by atoms with Crippen LogP contribution in [-0.4, -0.2) is 30.4 Å². The van der Waals surface area contributed by atoms with Gasteiger partial charge in [-0.15, -0.1) is 11.3 Å². The zero-order valence-electron chi connectivity index (χ0n) is 9.18. The smallest absolute Gasteiger partial charge is 0.349 e. The molecule has 5 nitrogen and oxygen atoms in total. The van der Waals surface area contributed by atoms with Crippen LogP contribution in [0.1, 0.15) is 9.67 Å². The molecule has 2 rings (SSSR count). The highest BCUT2D eigenvalue weighted by Gasteiger charge is 2.19. The number of aromatic hydroxyl groups is 1. The number of methoxy groups -OCH3 is 2. The lowest BCUT2D eigenvalue weighted by molar-refractivity contribution is 0.0699. The van der Waals surface area contributed by atoms with E-state index < -0.39 is 5.97 Å². The van der Waals surface area contributed by atoms with Crippen molar-refractivity contribution in [3.05, 3.63) is 17.0 Å². The third-order valence-electron chi connectivity index (χ3n) is 2.36. The van der Waals surface area contributed by atoms with Crippen LogP contribution in [0.3, 0.4) is 0 Å². The molecule has 0 unspecified atom stereocenters. The van der Waals surface area contributed by atoms with E-state index in [0.717, 1.165) is 11.3 Å². The number of ether oxygens (including phenoxy) is 2. The second-order valence-electron chi connectivity index (χ2n) is 3.29. The number of thiophene rings is 1. The number of carboxylic acid groups (broad SMARTS) is 1. The third-order valence-corrected chi connectivity index (χ3v) is 3.49. The first kappa shape index (κ1) is 11.5. The molecule has 1 aromatic carbocycles. The fourth-order valence-corrected chi connectivity index (χ4v) is 2.50. The highest BCUT2D eigenvalue weighted by atomic mass is 32.1. The molecular weight excluding hydrogens is 244 g/mol. The van der Waals surface area contributed by atoms with Crippen LogP contribution in [0.4, 0.5) is 0 Å². The molecule has 0 saturated heterocycles. The first-order chi connectivity index (χ1) is 8.08. The number of hydrogen-bond acceptors (Lipinski definition) is 5. The van der Waals surface area contributed by atoms with Gasteiger partial charge >= 0.3 is 5.97 Å². The van der Waals surface area contributed by atoms with Gasteiger partial charge in [-0.1, -0.05) is 0 Å². The van der Waals surface area contributed by atoms with Gasteiger partial charge in [0.25, 0.3) is 0 Å². The Morgan fingerprint density at radius 2 is 1.82 bits per heavy atom. The SMILES string of the molecule is COc1cc2sc(C(=O)O)c(O)c2cc1OC. The van der Waals surface area contributed by atoms with E-state index in [0.29, 0.717) is 21.6 Å². The molecule has 0 atom stereocenters. The summed E-state index contributed by atoms with van der Waals surface area (Å²) in [4.78, 5) is 10.8. The zero-order valence-corrected chi connectivity index (χ0v) is 10.00. The van der Waals surface area contributed by atoms with Crippen molar-refractivity contribution < 1.29 is 24.5 Å². The molecular formula is C11H10O5S. The molecule has 0 aliphatic carbocycles. The number of fused-ring (bicyclic) bond motifs is 1. The number of aromatic carboxylic acids is 1. The number of carbonyl (C=O) groups is 1. The average molecular weight is 254 g/mol. The van der Waals surface area contributed by atoms with Crippen LogP contribution < -0.4 is 9.47 Å². The summed E-state index contributed by atoms with van der Waals surface area (Å²) in [6.45, 7) is 0. The Balaban J connectivity index is 2.75. The molecule has 17 heavy (non-hydrogen) atoms. The van der Waals surface area contributed by atoms with Crippen molar-refractivity contribution in [2.75, 3.05) is 14.2 Å². The van der Waals surface area contributed by atoms with Crippen molar-refractivity contribution >= 4 is 27.4 Å². The van der Waals surface area contributed by atoms with Crippen LogP contribution in [-0.2, 0) is 0 Å². The van der Waals surface area contributed by atoms with E-state index in [1.165, 1.54) is 14.2 Å². The van der Waals surface area contributed by atoms with Gasteiger partial charge in [0.1, 0.15) is 5.75 Å². The van der Waals surface area contributed by atoms with Crippen molar-refractivity contribution in [3.63, 3.8) is 0 Å². The molecule has 2 N–H and O–H groups in total. The lowest BCUT2D eigenvalue weighted by Crippen LogP contribution is -1.91. The van der Waals surface area contributed by atoms with Gasteiger partial charge in [0, 0.05) is 16.2 Å². The third kappa shape index (κ3) is 1.76. The molecule has 1 aromatic heterocycles. The molecule has 2 aromatic rings. The number of rotatable bonds is 3. The predicted molar refractivity (Wildman–Crippen MR) is 63.6 cm³/mol. The minimum atomic E-state index is -1.15. The lowest BCUT2D eigenvalue weighted by Gasteiger charge is -2.06. The van der Waals surface area contributed by atoms with Crippen molar-refractivity contribution in [1.29, 1.82) is 0 Å². The summed E-state index contributed by atoms with van der Waals surface area (Å²) in [5, 5.41) is 19.1. The monoisotopic (exact) mass is 254 g/mol. The molecule has 0 saturated carbocycles. The maximum Gasteiger partial charge on any atom is 0.349 e. The molecule has 0 radical (unpaired) electrons. The fourth-order valence-electron chi connectivity index (χ4n) is 1.56. The van der Waals surface area contributed by atoms with Gasteiger partial charge in [-0.25, -0.2) is 4.79 Å². The Kier molecular flexibility index (Phi) is 2.81. The summed E-state index contributed by atoms with van der Waals surface area (Å²) in [6, 6.07) is 3.21. The summed E-state index contributed by atoms with van der Waals surface area (Å²) in [6.07, 6.45) is 0. The van der Waals surface area contributed by atoms with Gasteiger partial charge in [-0.2, -0.15) is 0 Å². The van der Waals surface area contributed by atoms with Crippen molar-refractivity contribution in [1.82, 2.24) is 0 Å². The van der Waals surface area contributed by atoms with E-state index >= 15 is 0 Å². The summed E-state index contributed by atoms with van der Waals surface area (Å²) < 4.78 is 10.8. The quantitative estimate of drug-likeness (QED) is 0.879. The van der Waals surface area contributed by atoms with Crippen LogP contribution in [0.25, 0.3) is 10.1 Å². The zero-order chi connectivity index (χ0) is 12.6. The van der Waals surface area contributed by atoms with E-state index in [-0.39, 0.29) is 10.6 Å². The van der Waals surface area contributed by atoms with Crippen LogP contribution in [0.15, 0.2) is 12.1 Å². The molecule has 0 aliphatic rings. The largest absolute Gasteiger partial charge is 0.505 e. The topological polar surface area (TPSA) is 76.0 Å². The van der Waals surface area contributed by atoms with Crippen LogP contribution >= 0.6 is 11.3 Å². The Bertz CT molecular complexity index is 587. The molecule has 0 aliphatic heterocycles. The maximum absolute atomic E-state index is 10.9. The van der Waals surface area contributed by atoms with E-state index in [9.17, 15) is 9.90 Å². The number of carboxylic acids is 1. The highest BCUT2D eigenvalue weighted by molar-refractivity contribution is 7.21. The molecule has 0 spiro atoms. The molecule has 6 heteroatoms. The number of benzene rings is 1. The van der Waals surface area contributed by atoms with Gasteiger partial charge in [0.2, 0.25) is 0 Å².